The highest BCUT2D eigenvalue weighted by molar-refractivity contribution is 5.94. The van der Waals surface area contributed by atoms with Crippen LogP contribution in [-0.2, 0) is 6.54 Å². The minimum Gasteiger partial charge on any atom is -0.472 e. The average Bonchev–Trinajstić information content (AvgIpc) is 2.81. The molecule has 1 aromatic heterocycles. The minimum absolute atomic E-state index is 0.0819. The van der Waals surface area contributed by atoms with Crippen molar-refractivity contribution in [1.82, 2.24) is 4.90 Å². The van der Waals surface area contributed by atoms with E-state index in [1.807, 2.05) is 0 Å². The molecule has 0 atom stereocenters. The van der Waals surface area contributed by atoms with E-state index in [1.54, 1.807) is 31.5 Å². The predicted octanol–water partition coefficient (Wildman–Crippen LogP) is 2.69. The van der Waals surface area contributed by atoms with Gasteiger partial charge in [0.25, 0.3) is 5.91 Å². The molecular weight excluding hydrogens is 221 g/mol. The Hall–Kier alpha value is -2.10. The van der Waals surface area contributed by atoms with Crippen molar-refractivity contribution in [3.05, 3.63) is 59.8 Å². The van der Waals surface area contributed by atoms with Crippen LogP contribution in [0.15, 0.2) is 47.3 Å². The number of hydrogen-bond donors (Lipinski definition) is 0. The highest BCUT2D eigenvalue weighted by Crippen LogP contribution is 2.11. The van der Waals surface area contributed by atoms with Gasteiger partial charge in [0, 0.05) is 19.2 Å². The van der Waals surface area contributed by atoms with Crippen LogP contribution in [0.1, 0.15) is 15.9 Å². The van der Waals surface area contributed by atoms with Crippen LogP contribution in [0, 0.1) is 5.82 Å². The van der Waals surface area contributed by atoms with Crippen molar-refractivity contribution in [1.29, 1.82) is 0 Å². The maximum absolute atomic E-state index is 13.4. The molecule has 88 valence electrons. The lowest BCUT2D eigenvalue weighted by atomic mass is 10.2. The van der Waals surface area contributed by atoms with Crippen molar-refractivity contribution >= 4 is 5.91 Å². The quantitative estimate of drug-likeness (QED) is 0.816. The summed E-state index contributed by atoms with van der Waals surface area (Å²) in [7, 11) is 1.63. The number of halogens is 1. The van der Waals surface area contributed by atoms with Crippen molar-refractivity contribution in [2.24, 2.45) is 0 Å². The third-order valence-electron chi connectivity index (χ3n) is 2.45. The zero-order chi connectivity index (χ0) is 12.3. The topological polar surface area (TPSA) is 33.5 Å². The monoisotopic (exact) mass is 233 g/mol. The van der Waals surface area contributed by atoms with Gasteiger partial charge >= 0.3 is 0 Å². The Morgan fingerprint density at radius 3 is 2.76 bits per heavy atom. The van der Waals surface area contributed by atoms with Crippen molar-refractivity contribution in [2.75, 3.05) is 7.05 Å². The van der Waals surface area contributed by atoms with Gasteiger partial charge in [-0.05, 0) is 18.2 Å². The lowest BCUT2D eigenvalue weighted by Crippen LogP contribution is -2.26. The molecule has 4 heteroatoms. The first-order valence-electron chi connectivity index (χ1n) is 5.19. The van der Waals surface area contributed by atoms with Crippen LogP contribution in [0.5, 0.6) is 0 Å². The summed E-state index contributed by atoms with van der Waals surface area (Å²) in [5.74, 6) is -0.846. The summed E-state index contributed by atoms with van der Waals surface area (Å²) in [4.78, 5) is 13.4. The molecule has 0 saturated carbocycles. The van der Waals surface area contributed by atoms with E-state index >= 15 is 0 Å². The molecule has 3 nitrogen and oxygen atoms in total. The van der Waals surface area contributed by atoms with Gasteiger partial charge in [0.05, 0.1) is 18.1 Å². The van der Waals surface area contributed by atoms with Gasteiger partial charge in [0.2, 0.25) is 0 Å². The third kappa shape index (κ3) is 2.53. The minimum atomic E-state index is -0.503. The number of amides is 1. The Balaban J connectivity index is 2.13. The first-order valence-corrected chi connectivity index (χ1v) is 5.19. The molecule has 0 spiro atoms. The molecule has 0 aliphatic heterocycles. The summed E-state index contributed by atoms with van der Waals surface area (Å²) >= 11 is 0. The zero-order valence-corrected chi connectivity index (χ0v) is 9.39. The Labute approximate surface area is 98.5 Å². The smallest absolute Gasteiger partial charge is 0.256 e. The number of furan rings is 1. The van der Waals surface area contributed by atoms with Crippen molar-refractivity contribution in [3.8, 4) is 0 Å². The van der Waals surface area contributed by atoms with Crippen molar-refractivity contribution in [2.45, 2.75) is 6.54 Å². The summed E-state index contributed by atoms with van der Waals surface area (Å²) in [5, 5.41) is 0. The fourth-order valence-electron chi connectivity index (χ4n) is 1.57. The van der Waals surface area contributed by atoms with E-state index in [2.05, 4.69) is 0 Å². The van der Waals surface area contributed by atoms with Crippen LogP contribution < -0.4 is 0 Å². The molecule has 0 radical (unpaired) electrons. The molecule has 2 rings (SSSR count). The van der Waals surface area contributed by atoms with Crippen LogP contribution in [0.2, 0.25) is 0 Å². The molecule has 0 unspecified atom stereocenters. The standard InChI is InChI=1S/C13H12FNO2/c1-15(8-10-6-7-17-9-10)13(16)11-4-2-3-5-12(11)14/h2-7,9H,8H2,1H3. The largest absolute Gasteiger partial charge is 0.472 e. The van der Waals surface area contributed by atoms with E-state index in [0.717, 1.165) is 5.56 Å². The highest BCUT2D eigenvalue weighted by Gasteiger charge is 2.15. The van der Waals surface area contributed by atoms with Crippen LogP contribution in [-0.4, -0.2) is 17.9 Å². The SMILES string of the molecule is CN(Cc1ccoc1)C(=O)c1ccccc1F. The molecule has 17 heavy (non-hydrogen) atoms. The number of rotatable bonds is 3. The fraction of sp³-hybridized carbons (Fsp3) is 0.154. The van der Waals surface area contributed by atoms with Crippen molar-refractivity contribution in [3.63, 3.8) is 0 Å². The molecule has 0 aliphatic carbocycles. The lowest BCUT2D eigenvalue weighted by Gasteiger charge is -2.16. The molecule has 1 heterocycles. The maximum atomic E-state index is 13.4. The van der Waals surface area contributed by atoms with Crippen molar-refractivity contribution < 1.29 is 13.6 Å². The molecule has 0 aliphatic rings. The molecule has 2 aromatic rings. The summed E-state index contributed by atoms with van der Waals surface area (Å²) < 4.78 is 18.3. The van der Waals surface area contributed by atoms with Gasteiger partial charge in [-0.25, -0.2) is 4.39 Å². The van der Waals surface area contributed by atoms with E-state index in [1.165, 1.54) is 23.3 Å². The average molecular weight is 233 g/mol. The van der Waals surface area contributed by atoms with Gasteiger partial charge in [0.1, 0.15) is 5.82 Å². The summed E-state index contributed by atoms with van der Waals surface area (Å²) in [6.07, 6.45) is 3.10. The molecule has 1 amide bonds. The second-order valence-corrected chi connectivity index (χ2v) is 3.77. The third-order valence-corrected chi connectivity index (χ3v) is 2.45. The number of carbonyl (C=O) groups is 1. The second kappa shape index (κ2) is 4.82. The zero-order valence-electron chi connectivity index (χ0n) is 9.39. The summed E-state index contributed by atoms with van der Waals surface area (Å²) in [5.41, 5.74) is 0.954. The summed E-state index contributed by atoms with van der Waals surface area (Å²) in [6.45, 7) is 0.393. The Morgan fingerprint density at radius 1 is 1.35 bits per heavy atom. The highest BCUT2D eigenvalue weighted by atomic mass is 19.1. The molecule has 0 saturated heterocycles. The van der Waals surface area contributed by atoms with Gasteiger partial charge in [-0.15, -0.1) is 0 Å². The van der Waals surface area contributed by atoms with E-state index in [9.17, 15) is 9.18 Å². The Morgan fingerprint density at radius 2 is 2.12 bits per heavy atom. The molecule has 0 N–H and O–H groups in total. The molecule has 0 fully saturated rings. The first kappa shape index (κ1) is 11.4. The van der Waals surface area contributed by atoms with E-state index < -0.39 is 5.82 Å². The van der Waals surface area contributed by atoms with E-state index in [0.29, 0.717) is 6.54 Å². The molecule has 0 bridgehead atoms. The number of carbonyl (C=O) groups excluding carboxylic acids is 1. The van der Waals surface area contributed by atoms with Gasteiger partial charge in [-0.3, -0.25) is 4.79 Å². The summed E-state index contributed by atoms with van der Waals surface area (Å²) in [6, 6.07) is 7.72. The molecular formula is C13H12FNO2. The first-order chi connectivity index (χ1) is 8.18. The number of nitrogens with zero attached hydrogens (tertiary/aromatic N) is 1. The normalized spacial score (nSPS) is 10.2. The van der Waals surface area contributed by atoms with Gasteiger partial charge < -0.3 is 9.32 Å². The van der Waals surface area contributed by atoms with Gasteiger partial charge in [-0.1, -0.05) is 12.1 Å². The number of benzene rings is 1. The predicted molar refractivity (Wildman–Crippen MR) is 60.9 cm³/mol. The Bertz CT molecular complexity index is 508. The Kier molecular flexibility index (Phi) is 3.23. The van der Waals surface area contributed by atoms with Gasteiger partial charge in [0.15, 0.2) is 0 Å². The number of hydrogen-bond acceptors (Lipinski definition) is 2. The fourth-order valence-corrected chi connectivity index (χ4v) is 1.57. The second-order valence-electron chi connectivity index (χ2n) is 3.77. The van der Waals surface area contributed by atoms with Gasteiger partial charge in [-0.2, -0.15) is 0 Å². The lowest BCUT2D eigenvalue weighted by molar-refractivity contribution is 0.0780. The van der Waals surface area contributed by atoms with Crippen LogP contribution in [0.3, 0.4) is 0 Å². The van der Waals surface area contributed by atoms with E-state index in [4.69, 9.17) is 4.42 Å². The maximum Gasteiger partial charge on any atom is 0.256 e. The van der Waals surface area contributed by atoms with Crippen LogP contribution in [0.25, 0.3) is 0 Å². The molecule has 1 aromatic carbocycles. The van der Waals surface area contributed by atoms with Crippen LogP contribution >= 0.6 is 0 Å². The van der Waals surface area contributed by atoms with E-state index in [-0.39, 0.29) is 11.5 Å². The van der Waals surface area contributed by atoms with Crippen LogP contribution in [0.4, 0.5) is 4.39 Å².